The Kier molecular flexibility index (Phi) is 7.40. The van der Waals surface area contributed by atoms with Crippen molar-refractivity contribution in [3.8, 4) is 0 Å². The Morgan fingerprint density at radius 1 is 1.02 bits per heavy atom. The Hall–Kier alpha value is -1.61. The summed E-state index contributed by atoms with van der Waals surface area (Å²) in [5.41, 5.74) is -4.68. The van der Waals surface area contributed by atoms with Crippen LogP contribution in [-0.2, 0) is 19.1 Å². The lowest BCUT2D eigenvalue weighted by Crippen LogP contribution is -2.65. The third kappa shape index (κ3) is 4.26. The fourth-order valence-electron chi connectivity index (χ4n) is 9.83. The maximum absolute atomic E-state index is 14.3. The summed E-state index contributed by atoms with van der Waals surface area (Å²) in [6.07, 6.45) is 0.776. The van der Waals surface area contributed by atoms with Crippen LogP contribution in [0, 0.1) is 39.4 Å². The van der Waals surface area contributed by atoms with Gasteiger partial charge in [0.2, 0.25) is 0 Å². The van der Waals surface area contributed by atoms with E-state index in [2.05, 4.69) is 13.0 Å². The third-order valence-corrected chi connectivity index (χ3v) is 12.2. The van der Waals surface area contributed by atoms with E-state index in [9.17, 15) is 34.8 Å². The molecule has 8 heteroatoms. The molecule has 4 aliphatic rings. The van der Waals surface area contributed by atoms with Crippen molar-refractivity contribution in [2.75, 3.05) is 0 Å². The summed E-state index contributed by atoms with van der Waals surface area (Å²) in [6, 6.07) is 0. The molecule has 4 aliphatic carbocycles. The molecule has 3 saturated carbocycles. The van der Waals surface area contributed by atoms with E-state index in [-0.39, 0.29) is 36.9 Å². The Morgan fingerprint density at radius 2 is 1.62 bits per heavy atom. The summed E-state index contributed by atoms with van der Waals surface area (Å²) < 4.78 is 5.32. The fourth-order valence-corrected chi connectivity index (χ4v) is 9.83. The predicted octanol–water partition coefficient (Wildman–Crippen LogP) is 3.52. The van der Waals surface area contributed by atoms with E-state index in [1.807, 2.05) is 27.7 Å². The van der Waals surface area contributed by atoms with Crippen molar-refractivity contribution >= 4 is 17.5 Å². The monoisotopic (exact) mass is 562 g/mol. The van der Waals surface area contributed by atoms with Gasteiger partial charge in [0.05, 0.1) is 18.3 Å². The summed E-state index contributed by atoms with van der Waals surface area (Å²) >= 11 is 0. The van der Waals surface area contributed by atoms with Gasteiger partial charge in [0.15, 0.2) is 5.78 Å². The molecule has 0 heterocycles. The number of aliphatic hydroxyl groups excluding tert-OH is 3. The molecule has 10 atom stereocenters. The number of Topliss-reactive ketones (excluding diaryl/α,β-unsaturated/α-hetero) is 2. The second-order valence-electron chi connectivity index (χ2n) is 15.4. The second kappa shape index (κ2) is 9.45. The van der Waals surface area contributed by atoms with E-state index in [4.69, 9.17) is 4.74 Å². The summed E-state index contributed by atoms with van der Waals surface area (Å²) in [7, 11) is 0. The van der Waals surface area contributed by atoms with Crippen molar-refractivity contribution in [2.45, 2.75) is 130 Å². The standard InChI is InChI=1S/C32H50O8/c1-17(33)40-27(2,3)13-12-23(36)32(9,39)25-21(35)15-29(6)22-11-10-18-19(14-20(34)26(38)28(18,4)5)31(22,8)24(37)16-30(25,29)7/h10,19-22,25-26,34-35,38-39H,11-16H2,1-9H3/t19-,20+,21-,22+,25+,26-,29+,30+,31-,32+/m1/s1. The first-order chi connectivity index (χ1) is 18.1. The number of allylic oxidation sites excluding steroid dienone is 1. The molecule has 0 spiro atoms. The topological polar surface area (TPSA) is 141 Å². The first-order valence-corrected chi connectivity index (χ1v) is 14.8. The van der Waals surface area contributed by atoms with Crippen molar-refractivity contribution in [1.82, 2.24) is 0 Å². The van der Waals surface area contributed by atoms with E-state index < -0.39 is 68.8 Å². The van der Waals surface area contributed by atoms with Crippen LogP contribution in [0.5, 0.6) is 0 Å². The SMILES string of the molecule is CC(=O)OC(C)(C)CCC(=O)[C@](C)(O)[C@H]1[C@H](O)C[C@@]2(C)[C@@H]3CC=C4[C@@H](C[C@H](O)[C@@H](O)C4(C)C)[C@@]3(C)C(=O)C[C@@]12C. The number of ketones is 2. The Labute approximate surface area is 238 Å². The van der Waals surface area contributed by atoms with Gasteiger partial charge < -0.3 is 25.2 Å². The van der Waals surface area contributed by atoms with Crippen LogP contribution in [0.2, 0.25) is 0 Å². The van der Waals surface area contributed by atoms with Gasteiger partial charge in [-0.05, 0) is 69.1 Å². The molecule has 0 bridgehead atoms. The number of ether oxygens (including phenoxy) is 1. The third-order valence-electron chi connectivity index (χ3n) is 12.2. The van der Waals surface area contributed by atoms with Crippen LogP contribution >= 0.6 is 0 Å². The molecule has 40 heavy (non-hydrogen) atoms. The number of esters is 1. The highest BCUT2D eigenvalue weighted by Crippen LogP contribution is 2.74. The summed E-state index contributed by atoms with van der Waals surface area (Å²) in [5, 5.41) is 45.0. The van der Waals surface area contributed by atoms with Gasteiger partial charge in [0.1, 0.15) is 17.0 Å². The zero-order valence-electron chi connectivity index (χ0n) is 25.7. The number of hydrogen-bond acceptors (Lipinski definition) is 8. The highest BCUT2D eigenvalue weighted by molar-refractivity contribution is 5.90. The molecular weight excluding hydrogens is 512 g/mol. The molecule has 4 rings (SSSR count). The number of aliphatic hydroxyl groups is 4. The number of carbonyl (C=O) groups is 3. The molecule has 0 amide bonds. The molecule has 0 saturated heterocycles. The second-order valence-corrected chi connectivity index (χ2v) is 15.4. The minimum absolute atomic E-state index is 0.0193. The lowest BCUT2D eigenvalue weighted by molar-refractivity contribution is -0.188. The Morgan fingerprint density at radius 3 is 2.20 bits per heavy atom. The zero-order chi connectivity index (χ0) is 30.4. The lowest BCUT2D eigenvalue weighted by atomic mass is 9.38. The minimum atomic E-state index is -1.89. The van der Waals surface area contributed by atoms with Crippen LogP contribution in [-0.4, -0.2) is 67.5 Å². The summed E-state index contributed by atoms with van der Waals surface area (Å²) in [4.78, 5) is 39.4. The highest BCUT2D eigenvalue weighted by atomic mass is 16.6. The molecule has 8 nitrogen and oxygen atoms in total. The normalized spacial score (nSPS) is 44.0. The molecule has 4 N–H and O–H groups in total. The Bertz CT molecular complexity index is 1120. The largest absolute Gasteiger partial charge is 0.460 e. The van der Waals surface area contributed by atoms with Gasteiger partial charge in [-0.1, -0.05) is 46.3 Å². The van der Waals surface area contributed by atoms with Crippen molar-refractivity contribution in [1.29, 1.82) is 0 Å². The zero-order valence-corrected chi connectivity index (χ0v) is 25.7. The average Bonchev–Trinajstić information content (AvgIpc) is 3.01. The van der Waals surface area contributed by atoms with Gasteiger partial charge in [-0.25, -0.2) is 0 Å². The maximum Gasteiger partial charge on any atom is 0.303 e. The van der Waals surface area contributed by atoms with Crippen molar-refractivity contribution < 1.29 is 39.5 Å². The molecule has 3 fully saturated rings. The first-order valence-electron chi connectivity index (χ1n) is 14.8. The smallest absolute Gasteiger partial charge is 0.303 e. The molecule has 0 aromatic heterocycles. The van der Waals surface area contributed by atoms with E-state index in [0.717, 1.165) is 5.57 Å². The van der Waals surface area contributed by atoms with Crippen LogP contribution < -0.4 is 0 Å². The first kappa shape index (κ1) is 31.3. The lowest BCUT2D eigenvalue weighted by Gasteiger charge is -2.65. The van der Waals surface area contributed by atoms with Crippen molar-refractivity contribution in [2.24, 2.45) is 39.4 Å². The molecule has 0 aromatic carbocycles. The van der Waals surface area contributed by atoms with Gasteiger partial charge in [-0.15, -0.1) is 0 Å². The number of rotatable bonds is 6. The minimum Gasteiger partial charge on any atom is -0.460 e. The van der Waals surface area contributed by atoms with Crippen LogP contribution in [0.3, 0.4) is 0 Å². The predicted molar refractivity (Wildman–Crippen MR) is 149 cm³/mol. The van der Waals surface area contributed by atoms with Gasteiger partial charge >= 0.3 is 5.97 Å². The van der Waals surface area contributed by atoms with Gasteiger partial charge in [0, 0.05) is 36.5 Å². The summed E-state index contributed by atoms with van der Waals surface area (Å²) in [5.74, 6) is -2.15. The van der Waals surface area contributed by atoms with Crippen molar-refractivity contribution in [3.05, 3.63) is 11.6 Å². The van der Waals surface area contributed by atoms with E-state index >= 15 is 0 Å². The van der Waals surface area contributed by atoms with Crippen LogP contribution in [0.4, 0.5) is 0 Å². The molecule has 0 aliphatic heterocycles. The van der Waals surface area contributed by atoms with Crippen LogP contribution in [0.25, 0.3) is 0 Å². The van der Waals surface area contributed by atoms with E-state index in [0.29, 0.717) is 19.3 Å². The maximum atomic E-state index is 14.3. The highest BCUT2D eigenvalue weighted by Gasteiger charge is 2.74. The van der Waals surface area contributed by atoms with E-state index in [1.54, 1.807) is 13.8 Å². The van der Waals surface area contributed by atoms with Crippen LogP contribution in [0.15, 0.2) is 11.6 Å². The Balaban J connectivity index is 1.70. The number of fused-ring (bicyclic) bond motifs is 5. The number of hydrogen-bond donors (Lipinski definition) is 4. The van der Waals surface area contributed by atoms with Gasteiger partial charge in [-0.2, -0.15) is 0 Å². The molecule has 0 aromatic rings. The molecule has 226 valence electrons. The fraction of sp³-hybridized carbons (Fsp3) is 0.844. The summed E-state index contributed by atoms with van der Waals surface area (Å²) in [6.45, 7) is 16.1. The van der Waals surface area contributed by atoms with Crippen molar-refractivity contribution in [3.63, 3.8) is 0 Å². The molecule has 0 unspecified atom stereocenters. The molecular formula is C32H50O8. The quantitative estimate of drug-likeness (QED) is 0.285. The van der Waals surface area contributed by atoms with Gasteiger partial charge in [-0.3, -0.25) is 14.4 Å². The van der Waals surface area contributed by atoms with E-state index in [1.165, 1.54) is 13.8 Å². The molecule has 0 radical (unpaired) electrons. The van der Waals surface area contributed by atoms with Gasteiger partial charge in [0.25, 0.3) is 0 Å². The number of carbonyl (C=O) groups excluding carboxylic acids is 3. The van der Waals surface area contributed by atoms with Crippen LogP contribution in [0.1, 0.15) is 101 Å². The average molecular weight is 563 g/mol.